The lowest BCUT2D eigenvalue weighted by molar-refractivity contribution is 0.594. The van der Waals surface area contributed by atoms with Crippen molar-refractivity contribution < 1.29 is 4.57 Å². The van der Waals surface area contributed by atoms with Gasteiger partial charge in [0.1, 0.15) is 0 Å². The predicted octanol–water partition coefficient (Wildman–Crippen LogP) is 7.52. The molecule has 2 unspecified atom stereocenters. The number of allylic oxidation sites excluding steroid dienone is 8. The molecule has 0 heterocycles. The molecule has 4 heteroatoms. The van der Waals surface area contributed by atoms with Gasteiger partial charge in [0.05, 0.1) is 5.73 Å². The first kappa shape index (κ1) is 23.3. The maximum absolute atomic E-state index is 15.2. The summed E-state index contributed by atoms with van der Waals surface area (Å²) in [6, 6.07) is 19.5. The first-order chi connectivity index (χ1) is 14.0. The van der Waals surface area contributed by atoms with Gasteiger partial charge in [-0.3, -0.25) is 0 Å². The number of benzene rings is 2. The van der Waals surface area contributed by atoms with Crippen LogP contribution in [0.25, 0.3) is 0 Å². The molecule has 0 fully saturated rings. The smallest absolute Gasteiger partial charge is 0.180 e. The molecule has 0 aliphatic carbocycles. The highest BCUT2D eigenvalue weighted by Crippen LogP contribution is 2.87. The van der Waals surface area contributed by atoms with E-state index in [0.717, 1.165) is 22.3 Å². The largest absolute Gasteiger partial charge is 0.308 e. The van der Waals surface area contributed by atoms with Crippen LogP contribution in [0.2, 0.25) is 0 Å². The fourth-order valence-corrected chi connectivity index (χ4v) is 15.7. The minimum absolute atomic E-state index is 0.650. The maximum Gasteiger partial charge on any atom is 0.180 e. The lowest BCUT2D eigenvalue weighted by Crippen LogP contribution is -2.14. The van der Waals surface area contributed by atoms with Gasteiger partial charge in [-0.1, -0.05) is 129 Å². The molecule has 0 bridgehead atoms. The quantitative estimate of drug-likeness (QED) is 0.297. The lowest BCUT2D eigenvalue weighted by Gasteiger charge is -2.34. The Morgan fingerprint density at radius 3 is 1.97 bits per heavy atom. The van der Waals surface area contributed by atoms with Gasteiger partial charge in [-0.15, -0.1) is 0 Å². The summed E-state index contributed by atoms with van der Waals surface area (Å²) in [6.45, 7) is 8.58. The fourth-order valence-electron chi connectivity index (χ4n) is 3.29. The summed E-state index contributed by atoms with van der Waals surface area (Å²) in [5.74, 6) is 0. The molecule has 2 rings (SSSR count). The minimum Gasteiger partial charge on any atom is -0.308 e. The van der Waals surface area contributed by atoms with E-state index in [2.05, 4.69) is 26.2 Å². The summed E-state index contributed by atoms with van der Waals surface area (Å²) < 4.78 is 15.2. The van der Waals surface area contributed by atoms with Crippen LogP contribution in [-0.2, 0) is 16.4 Å². The number of hydrogen-bond acceptors (Lipinski definition) is 2. The van der Waals surface area contributed by atoms with Crippen molar-refractivity contribution in [3.8, 4) is 0 Å². The highest BCUT2D eigenvalue weighted by atomic mass is 32.6. The molecule has 1 nitrogen and oxygen atoms in total. The van der Waals surface area contributed by atoms with E-state index < -0.39 is 12.6 Å². The van der Waals surface area contributed by atoms with Gasteiger partial charge < -0.3 is 4.57 Å². The van der Waals surface area contributed by atoms with Crippen LogP contribution in [0, 0.1) is 0 Å². The Morgan fingerprint density at radius 1 is 0.966 bits per heavy atom. The Bertz CT molecular complexity index is 1030. The van der Waals surface area contributed by atoms with Gasteiger partial charge in [0.25, 0.3) is 0 Å². The highest BCUT2D eigenvalue weighted by Gasteiger charge is 2.45. The number of hydrogen-bond donors (Lipinski definition) is 0. The third-order valence-corrected chi connectivity index (χ3v) is 17.9. The summed E-state index contributed by atoms with van der Waals surface area (Å²) >= 11 is 6.50. The van der Waals surface area contributed by atoms with Crippen molar-refractivity contribution in [2.75, 3.05) is 0 Å². The van der Waals surface area contributed by atoms with E-state index in [9.17, 15) is 0 Å². The summed E-state index contributed by atoms with van der Waals surface area (Å²) in [5, 5.41) is 3.31. The molecular weight excluding hydrogens is 410 g/mol. The van der Waals surface area contributed by atoms with Gasteiger partial charge in [-0.25, -0.2) is 0 Å². The van der Waals surface area contributed by atoms with Gasteiger partial charge in [-0.2, -0.15) is 0 Å². The standard InChI is InChI=1S/C25H28OP2S/c1-5-15-22(8-4)27(26,23-18-11-9-12-19-23)28(29,24(16-6-2)17-7-3)25-20-13-10-14-21-25/h5-6,8-21H,1,4,7H2,2-3H3/b16-6-,22-15+,24-17+. The molecule has 0 saturated carbocycles. The van der Waals surface area contributed by atoms with Crippen LogP contribution in [0.15, 0.2) is 121 Å². The second-order valence-corrected chi connectivity index (χ2v) is 16.7. The maximum atomic E-state index is 15.2. The molecule has 0 radical (unpaired) electrons. The Kier molecular flexibility index (Phi) is 8.60. The van der Waals surface area contributed by atoms with Gasteiger partial charge in [0.2, 0.25) is 0 Å². The summed E-state index contributed by atoms with van der Waals surface area (Å²) in [5.41, 5.74) is -2.79. The van der Waals surface area contributed by atoms with E-state index >= 15 is 4.57 Å². The van der Waals surface area contributed by atoms with Crippen LogP contribution in [0.3, 0.4) is 0 Å². The molecule has 0 saturated heterocycles. The van der Waals surface area contributed by atoms with Crippen LogP contribution in [0.1, 0.15) is 20.3 Å². The molecule has 2 aromatic rings. The topological polar surface area (TPSA) is 17.1 Å². The van der Waals surface area contributed by atoms with Gasteiger partial charge in [0.15, 0.2) is 6.83 Å². The molecule has 29 heavy (non-hydrogen) atoms. The molecular formula is C25H28OP2S. The fraction of sp³-hybridized carbons (Fsp3) is 0.120. The number of rotatable bonds is 9. The normalized spacial score (nSPS) is 16.8. The zero-order valence-corrected chi connectivity index (χ0v) is 19.7. The zero-order chi connectivity index (χ0) is 21.3. The van der Waals surface area contributed by atoms with E-state index in [-0.39, 0.29) is 0 Å². The van der Waals surface area contributed by atoms with Crippen molar-refractivity contribution in [1.29, 1.82) is 0 Å². The van der Waals surface area contributed by atoms with Crippen molar-refractivity contribution in [1.82, 2.24) is 0 Å². The molecule has 0 spiro atoms. The van der Waals surface area contributed by atoms with E-state index in [1.165, 1.54) is 0 Å². The average Bonchev–Trinajstić information content (AvgIpc) is 2.77. The van der Waals surface area contributed by atoms with E-state index in [1.54, 1.807) is 18.2 Å². The molecule has 0 aliphatic heterocycles. The third-order valence-electron chi connectivity index (χ3n) is 4.56. The van der Waals surface area contributed by atoms with Crippen LogP contribution >= 0.6 is 12.6 Å². The summed E-state index contributed by atoms with van der Waals surface area (Å²) in [4.78, 5) is 0. The molecule has 0 N–H and O–H groups in total. The van der Waals surface area contributed by atoms with Crippen molar-refractivity contribution in [2.45, 2.75) is 20.3 Å². The third kappa shape index (κ3) is 4.46. The highest BCUT2D eigenvalue weighted by molar-refractivity contribution is 8.61. The van der Waals surface area contributed by atoms with Crippen LogP contribution in [-0.4, -0.2) is 0 Å². The molecule has 0 aliphatic rings. The first-order valence-electron chi connectivity index (χ1n) is 9.61. The van der Waals surface area contributed by atoms with E-state index in [1.807, 2.05) is 79.7 Å². The van der Waals surface area contributed by atoms with Crippen LogP contribution < -0.4 is 10.6 Å². The minimum atomic E-state index is -3.28. The monoisotopic (exact) mass is 438 g/mol. The first-order valence-corrected chi connectivity index (χ1v) is 14.8. The second-order valence-electron chi connectivity index (χ2n) is 6.39. The molecule has 2 aromatic carbocycles. The summed E-state index contributed by atoms with van der Waals surface area (Å²) in [6.07, 6.45) is 12.1. The zero-order valence-electron chi connectivity index (χ0n) is 17.1. The Labute approximate surface area is 180 Å². The van der Waals surface area contributed by atoms with Crippen LogP contribution in [0.5, 0.6) is 0 Å². The van der Waals surface area contributed by atoms with E-state index in [0.29, 0.717) is 5.31 Å². The molecule has 2 atom stereocenters. The van der Waals surface area contributed by atoms with Gasteiger partial charge in [-0.05, 0) is 24.0 Å². The Morgan fingerprint density at radius 2 is 1.52 bits per heavy atom. The molecule has 0 amide bonds. The van der Waals surface area contributed by atoms with Gasteiger partial charge >= 0.3 is 0 Å². The Balaban J connectivity index is 3.08. The second kappa shape index (κ2) is 10.7. The Hall–Kier alpha value is -1.98. The van der Waals surface area contributed by atoms with E-state index in [4.69, 9.17) is 11.8 Å². The predicted molar refractivity (Wildman–Crippen MR) is 136 cm³/mol. The average molecular weight is 439 g/mol. The van der Waals surface area contributed by atoms with Gasteiger partial charge in [0, 0.05) is 10.6 Å². The van der Waals surface area contributed by atoms with Crippen molar-refractivity contribution in [3.63, 3.8) is 0 Å². The molecule has 0 aromatic heterocycles. The van der Waals surface area contributed by atoms with Crippen LogP contribution in [0.4, 0.5) is 0 Å². The lowest BCUT2D eigenvalue weighted by atomic mass is 10.4. The summed E-state index contributed by atoms with van der Waals surface area (Å²) in [7, 11) is 0. The van der Waals surface area contributed by atoms with Crippen molar-refractivity contribution >= 4 is 35.0 Å². The molecule has 150 valence electrons. The SMILES string of the molecule is C=C/C=C(\C=C)P(=O)(c1ccccc1)P(=S)(C(/C=C\C)=C/CC)c1ccccc1. The van der Waals surface area contributed by atoms with Crippen molar-refractivity contribution in [2.24, 2.45) is 0 Å². The van der Waals surface area contributed by atoms with Crippen molar-refractivity contribution in [3.05, 3.63) is 121 Å².